The molecule has 0 aromatic carbocycles. The molecular formula is C11H18BrNS. The molecule has 0 saturated carbocycles. The van der Waals surface area contributed by atoms with Gasteiger partial charge in [0, 0.05) is 15.4 Å². The minimum Gasteiger partial charge on any atom is -0.317 e. The van der Waals surface area contributed by atoms with Gasteiger partial charge in [0.15, 0.2) is 0 Å². The first-order chi connectivity index (χ1) is 6.69. The van der Waals surface area contributed by atoms with Crippen LogP contribution in [-0.4, -0.2) is 13.1 Å². The van der Waals surface area contributed by atoms with Crippen LogP contribution in [0.2, 0.25) is 0 Å². The van der Waals surface area contributed by atoms with Gasteiger partial charge in [-0.05, 0) is 53.2 Å². The van der Waals surface area contributed by atoms with Gasteiger partial charge in [0.05, 0.1) is 0 Å². The van der Waals surface area contributed by atoms with Gasteiger partial charge in [0.1, 0.15) is 0 Å². The van der Waals surface area contributed by atoms with Crippen molar-refractivity contribution >= 4 is 27.3 Å². The Morgan fingerprint density at radius 2 is 2.29 bits per heavy atom. The van der Waals surface area contributed by atoms with Gasteiger partial charge in [-0.3, -0.25) is 0 Å². The van der Waals surface area contributed by atoms with Gasteiger partial charge < -0.3 is 5.32 Å². The highest BCUT2D eigenvalue weighted by atomic mass is 79.9. The van der Waals surface area contributed by atoms with Crippen molar-refractivity contribution in [1.29, 1.82) is 0 Å². The molecule has 1 heterocycles. The molecule has 1 N–H and O–H groups in total. The number of hydrogen-bond acceptors (Lipinski definition) is 2. The topological polar surface area (TPSA) is 12.0 Å². The predicted octanol–water partition coefficient (Wildman–Crippen LogP) is 3.69. The van der Waals surface area contributed by atoms with Gasteiger partial charge in [-0.25, -0.2) is 0 Å². The fourth-order valence-corrected chi connectivity index (χ4v) is 3.45. The van der Waals surface area contributed by atoms with E-state index < -0.39 is 0 Å². The number of thiophene rings is 1. The van der Waals surface area contributed by atoms with E-state index in [1.807, 2.05) is 18.4 Å². The highest BCUT2D eigenvalue weighted by Crippen LogP contribution is 2.26. The highest BCUT2D eigenvalue weighted by molar-refractivity contribution is 9.10. The zero-order valence-electron chi connectivity index (χ0n) is 9.01. The Kier molecular flexibility index (Phi) is 5.13. The molecule has 0 aliphatic carbocycles. The molecule has 0 aliphatic heterocycles. The Morgan fingerprint density at radius 1 is 1.57 bits per heavy atom. The van der Waals surface area contributed by atoms with Crippen LogP contribution in [0.15, 0.2) is 15.9 Å². The fourth-order valence-electron chi connectivity index (χ4n) is 1.80. The number of rotatable bonds is 5. The molecule has 0 radical (unpaired) electrons. The molecule has 0 spiro atoms. The molecule has 0 saturated heterocycles. The summed E-state index contributed by atoms with van der Waals surface area (Å²) in [6.07, 6.45) is 2.36. The van der Waals surface area contributed by atoms with E-state index >= 15 is 0 Å². The molecule has 3 heteroatoms. The minimum atomic E-state index is 0.629. The average Bonchev–Trinajstić information content (AvgIpc) is 2.54. The van der Waals surface area contributed by atoms with E-state index in [9.17, 15) is 0 Å². The summed E-state index contributed by atoms with van der Waals surface area (Å²) < 4.78 is 1.26. The molecule has 80 valence electrons. The van der Waals surface area contributed by atoms with Gasteiger partial charge in [-0.1, -0.05) is 13.8 Å². The Labute approximate surface area is 99.0 Å². The second-order valence-electron chi connectivity index (χ2n) is 3.68. The van der Waals surface area contributed by atoms with Gasteiger partial charge in [0.25, 0.3) is 0 Å². The van der Waals surface area contributed by atoms with Gasteiger partial charge in [-0.15, -0.1) is 11.3 Å². The second-order valence-corrected chi connectivity index (χ2v) is 5.53. The SMILES string of the molecule is CCC(NC)C(C)Cc1sccc1Br. The maximum atomic E-state index is 3.58. The quantitative estimate of drug-likeness (QED) is 0.865. The van der Waals surface area contributed by atoms with Crippen LogP contribution in [0.25, 0.3) is 0 Å². The van der Waals surface area contributed by atoms with Crippen LogP contribution in [0.4, 0.5) is 0 Å². The van der Waals surface area contributed by atoms with Gasteiger partial charge >= 0.3 is 0 Å². The molecular weight excluding hydrogens is 258 g/mol. The lowest BCUT2D eigenvalue weighted by Gasteiger charge is -2.21. The number of halogens is 1. The molecule has 0 aliphatic rings. The Balaban J connectivity index is 2.56. The monoisotopic (exact) mass is 275 g/mol. The Hall–Kier alpha value is 0.140. The van der Waals surface area contributed by atoms with Crippen molar-refractivity contribution < 1.29 is 0 Å². The predicted molar refractivity (Wildman–Crippen MR) is 68.0 cm³/mol. The fraction of sp³-hybridized carbons (Fsp3) is 0.636. The van der Waals surface area contributed by atoms with E-state index in [1.54, 1.807) is 0 Å². The third-order valence-corrected chi connectivity index (χ3v) is 4.64. The molecule has 1 aromatic heterocycles. The summed E-state index contributed by atoms with van der Waals surface area (Å²) >= 11 is 5.42. The maximum absolute atomic E-state index is 3.58. The summed E-state index contributed by atoms with van der Waals surface area (Å²) in [6.45, 7) is 4.55. The third-order valence-electron chi connectivity index (χ3n) is 2.70. The molecule has 0 bridgehead atoms. The average molecular weight is 276 g/mol. The van der Waals surface area contributed by atoms with E-state index in [4.69, 9.17) is 0 Å². The maximum Gasteiger partial charge on any atom is 0.0314 e. The van der Waals surface area contributed by atoms with Crippen molar-refractivity contribution in [3.63, 3.8) is 0 Å². The highest BCUT2D eigenvalue weighted by Gasteiger charge is 2.15. The standard InChI is InChI=1S/C11H18BrNS/c1-4-10(13-3)8(2)7-11-9(12)5-6-14-11/h5-6,8,10,13H,4,7H2,1-3H3. The minimum absolute atomic E-state index is 0.629. The first-order valence-corrected chi connectivity index (χ1v) is 6.75. The van der Waals surface area contributed by atoms with Crippen molar-refractivity contribution in [3.8, 4) is 0 Å². The van der Waals surface area contributed by atoms with Crippen LogP contribution in [0.3, 0.4) is 0 Å². The summed E-state index contributed by atoms with van der Waals surface area (Å²) in [6, 6.07) is 2.76. The lowest BCUT2D eigenvalue weighted by Crippen LogP contribution is -2.32. The van der Waals surface area contributed by atoms with E-state index in [0.717, 1.165) is 6.42 Å². The summed E-state index contributed by atoms with van der Waals surface area (Å²) in [5, 5.41) is 5.52. The zero-order valence-corrected chi connectivity index (χ0v) is 11.4. The summed E-state index contributed by atoms with van der Waals surface area (Å²) in [5.41, 5.74) is 0. The molecule has 14 heavy (non-hydrogen) atoms. The van der Waals surface area contributed by atoms with E-state index in [0.29, 0.717) is 12.0 Å². The normalized spacial score (nSPS) is 15.4. The molecule has 1 aromatic rings. The van der Waals surface area contributed by atoms with E-state index in [-0.39, 0.29) is 0 Å². The smallest absolute Gasteiger partial charge is 0.0314 e. The van der Waals surface area contributed by atoms with Crippen LogP contribution >= 0.6 is 27.3 Å². The number of hydrogen-bond donors (Lipinski definition) is 1. The first-order valence-electron chi connectivity index (χ1n) is 5.08. The molecule has 1 rings (SSSR count). The number of nitrogens with one attached hydrogen (secondary N) is 1. The van der Waals surface area contributed by atoms with E-state index in [1.165, 1.54) is 15.8 Å². The molecule has 2 atom stereocenters. The lowest BCUT2D eigenvalue weighted by atomic mass is 9.96. The Bertz CT molecular complexity index is 268. The summed E-state index contributed by atoms with van der Waals surface area (Å²) in [4.78, 5) is 1.46. The van der Waals surface area contributed by atoms with Crippen molar-refractivity contribution in [2.75, 3.05) is 7.05 Å². The van der Waals surface area contributed by atoms with Crippen LogP contribution in [0.5, 0.6) is 0 Å². The second kappa shape index (κ2) is 5.89. The van der Waals surface area contributed by atoms with Crippen molar-refractivity contribution in [2.24, 2.45) is 5.92 Å². The summed E-state index contributed by atoms with van der Waals surface area (Å²) in [5.74, 6) is 0.694. The van der Waals surface area contributed by atoms with Crippen molar-refractivity contribution in [3.05, 3.63) is 20.8 Å². The summed E-state index contributed by atoms with van der Waals surface area (Å²) in [7, 11) is 2.05. The Morgan fingerprint density at radius 3 is 2.71 bits per heavy atom. The van der Waals surface area contributed by atoms with Crippen LogP contribution in [-0.2, 0) is 6.42 Å². The van der Waals surface area contributed by atoms with Crippen molar-refractivity contribution in [2.45, 2.75) is 32.7 Å². The van der Waals surface area contributed by atoms with Crippen LogP contribution in [0, 0.1) is 5.92 Å². The third kappa shape index (κ3) is 3.07. The van der Waals surface area contributed by atoms with Crippen LogP contribution in [0.1, 0.15) is 25.1 Å². The lowest BCUT2D eigenvalue weighted by molar-refractivity contribution is 0.388. The largest absolute Gasteiger partial charge is 0.317 e. The van der Waals surface area contributed by atoms with Gasteiger partial charge in [-0.2, -0.15) is 0 Å². The molecule has 1 nitrogen and oxygen atoms in total. The van der Waals surface area contributed by atoms with Crippen LogP contribution < -0.4 is 5.32 Å². The molecule has 0 fully saturated rings. The first kappa shape index (κ1) is 12.2. The van der Waals surface area contributed by atoms with Crippen molar-refractivity contribution in [1.82, 2.24) is 5.32 Å². The molecule has 2 unspecified atom stereocenters. The van der Waals surface area contributed by atoms with E-state index in [2.05, 4.69) is 46.5 Å². The zero-order chi connectivity index (χ0) is 10.6. The molecule has 0 amide bonds. The van der Waals surface area contributed by atoms with Gasteiger partial charge in [0.2, 0.25) is 0 Å².